The van der Waals surface area contributed by atoms with Crippen molar-refractivity contribution in [3.63, 3.8) is 0 Å². The number of methoxy groups -OCH3 is 2. The van der Waals surface area contributed by atoms with Crippen LogP contribution in [0.15, 0.2) is 71.6 Å². The Kier molecular flexibility index (Phi) is 10.2. The highest BCUT2D eigenvalue weighted by Crippen LogP contribution is 2.32. The third-order valence-electron chi connectivity index (χ3n) is 6.30. The van der Waals surface area contributed by atoms with Crippen LogP contribution in [0.4, 0.5) is 14.5 Å². The first-order valence-electron chi connectivity index (χ1n) is 13.0. The molecule has 0 radical (unpaired) electrons. The third-order valence-corrected chi connectivity index (χ3v) is 8.07. The maximum Gasteiger partial charge on any atom is 0.264 e. The van der Waals surface area contributed by atoms with Crippen molar-refractivity contribution in [3.8, 4) is 11.5 Å². The number of carbonyl (C=O) groups excluding carboxylic acids is 2. The summed E-state index contributed by atoms with van der Waals surface area (Å²) in [6.45, 7) is 5.71. The highest BCUT2D eigenvalue weighted by Gasteiger charge is 2.34. The van der Waals surface area contributed by atoms with E-state index in [1.54, 1.807) is 26.8 Å². The predicted octanol–water partition coefficient (Wildman–Crippen LogP) is 4.51. The summed E-state index contributed by atoms with van der Waals surface area (Å²) >= 11 is 0. The lowest BCUT2D eigenvalue weighted by Crippen LogP contribution is -2.54. The van der Waals surface area contributed by atoms with Crippen LogP contribution in [0.25, 0.3) is 0 Å². The van der Waals surface area contributed by atoms with Crippen LogP contribution in [0.1, 0.15) is 33.3 Å². The van der Waals surface area contributed by atoms with Crippen molar-refractivity contribution in [1.82, 2.24) is 10.2 Å². The van der Waals surface area contributed by atoms with Gasteiger partial charge in [-0.15, -0.1) is 0 Å². The van der Waals surface area contributed by atoms with Crippen molar-refractivity contribution in [2.45, 2.75) is 50.7 Å². The minimum atomic E-state index is -4.46. The summed E-state index contributed by atoms with van der Waals surface area (Å²) in [6, 6.07) is 13.2. The van der Waals surface area contributed by atoms with E-state index in [9.17, 15) is 26.8 Å². The zero-order valence-corrected chi connectivity index (χ0v) is 25.2. The molecule has 3 aromatic rings. The van der Waals surface area contributed by atoms with E-state index in [1.807, 2.05) is 0 Å². The number of rotatable bonds is 11. The molecular formula is C30H35F2N3O6S. The van der Waals surface area contributed by atoms with Gasteiger partial charge in [0.2, 0.25) is 11.8 Å². The lowest BCUT2D eigenvalue weighted by Gasteiger charge is -2.33. The van der Waals surface area contributed by atoms with Gasteiger partial charge in [-0.3, -0.25) is 13.9 Å². The standard InChI is InChI=1S/C30H35F2N3O6S/c1-20(29(37)33-30(2,3)4)34(18-21-9-7-8-10-25(21)32)28(36)19-35(23-13-11-22(31)12-14-23)42(38,39)24-15-16-26(40-5)27(17-24)41-6/h7-17,20H,18-19H2,1-6H3,(H,33,37)/t20-/m1/s1. The van der Waals surface area contributed by atoms with E-state index in [0.29, 0.717) is 0 Å². The maximum atomic E-state index is 14.7. The number of hydrogen-bond acceptors (Lipinski definition) is 6. The highest BCUT2D eigenvalue weighted by molar-refractivity contribution is 7.92. The normalized spacial score (nSPS) is 12.3. The predicted molar refractivity (Wildman–Crippen MR) is 155 cm³/mol. The second-order valence-electron chi connectivity index (χ2n) is 10.5. The zero-order valence-electron chi connectivity index (χ0n) is 24.4. The first-order chi connectivity index (χ1) is 19.7. The van der Waals surface area contributed by atoms with E-state index >= 15 is 0 Å². The van der Waals surface area contributed by atoms with E-state index in [-0.39, 0.29) is 34.2 Å². The number of sulfonamides is 1. The van der Waals surface area contributed by atoms with Gasteiger partial charge >= 0.3 is 0 Å². The van der Waals surface area contributed by atoms with Crippen LogP contribution < -0.4 is 19.1 Å². The third kappa shape index (κ3) is 7.75. The molecule has 0 heterocycles. The molecule has 0 fully saturated rings. The van der Waals surface area contributed by atoms with Crippen molar-refractivity contribution in [3.05, 3.63) is 83.9 Å². The van der Waals surface area contributed by atoms with Gasteiger partial charge in [0.15, 0.2) is 11.5 Å². The molecule has 3 rings (SSSR count). The summed E-state index contributed by atoms with van der Waals surface area (Å²) in [7, 11) is -1.71. The highest BCUT2D eigenvalue weighted by atomic mass is 32.2. The molecule has 0 unspecified atom stereocenters. The summed E-state index contributed by atoms with van der Waals surface area (Å²) in [6.07, 6.45) is 0. The SMILES string of the molecule is COc1ccc(S(=O)(=O)N(CC(=O)N(Cc2ccccc2F)[C@H](C)C(=O)NC(C)(C)C)c2ccc(F)cc2)cc1OC. The lowest BCUT2D eigenvalue weighted by atomic mass is 10.1. The van der Waals surface area contributed by atoms with Gasteiger partial charge in [0.05, 0.1) is 24.8 Å². The number of nitrogens with one attached hydrogen (secondary N) is 1. The van der Waals surface area contributed by atoms with Crippen LogP contribution in [0, 0.1) is 11.6 Å². The Morgan fingerprint density at radius 1 is 0.929 bits per heavy atom. The molecule has 0 spiro atoms. The average molecular weight is 604 g/mol. The smallest absolute Gasteiger partial charge is 0.264 e. The van der Waals surface area contributed by atoms with Crippen molar-refractivity contribution in [1.29, 1.82) is 0 Å². The lowest BCUT2D eigenvalue weighted by molar-refractivity contribution is -0.140. The van der Waals surface area contributed by atoms with Crippen LogP contribution in [0.5, 0.6) is 11.5 Å². The Balaban J connectivity index is 2.09. The fraction of sp³-hybridized carbons (Fsp3) is 0.333. The van der Waals surface area contributed by atoms with E-state index in [2.05, 4.69) is 5.32 Å². The quantitative estimate of drug-likeness (QED) is 0.346. The molecule has 2 amide bonds. The van der Waals surface area contributed by atoms with Crippen molar-refractivity contribution in [2.75, 3.05) is 25.1 Å². The van der Waals surface area contributed by atoms with Crippen molar-refractivity contribution >= 4 is 27.5 Å². The molecule has 0 aromatic heterocycles. The summed E-state index contributed by atoms with van der Waals surface area (Å²) in [4.78, 5) is 27.9. The van der Waals surface area contributed by atoms with Gasteiger partial charge in [-0.1, -0.05) is 18.2 Å². The topological polar surface area (TPSA) is 105 Å². The second kappa shape index (κ2) is 13.2. The van der Waals surface area contributed by atoms with Crippen LogP contribution in [-0.4, -0.2) is 57.5 Å². The molecule has 1 atom stereocenters. The van der Waals surface area contributed by atoms with E-state index in [0.717, 1.165) is 21.3 Å². The molecule has 3 aromatic carbocycles. The van der Waals surface area contributed by atoms with Gasteiger partial charge in [0, 0.05) is 23.7 Å². The number of benzene rings is 3. The molecule has 0 saturated carbocycles. The molecular weight excluding hydrogens is 568 g/mol. The number of carbonyl (C=O) groups is 2. The molecule has 12 heteroatoms. The molecule has 9 nitrogen and oxygen atoms in total. The second-order valence-corrected chi connectivity index (χ2v) is 12.4. The Morgan fingerprint density at radius 3 is 2.12 bits per heavy atom. The van der Waals surface area contributed by atoms with E-state index in [1.165, 1.54) is 69.7 Å². The Labute approximate surface area is 245 Å². The summed E-state index contributed by atoms with van der Waals surface area (Å²) in [5, 5.41) is 2.80. The summed E-state index contributed by atoms with van der Waals surface area (Å²) in [5.74, 6) is -2.08. The number of ether oxygens (including phenoxy) is 2. The molecule has 0 aliphatic carbocycles. The molecule has 0 aliphatic heterocycles. The minimum Gasteiger partial charge on any atom is -0.493 e. The first kappa shape index (κ1) is 32.3. The molecule has 0 saturated heterocycles. The molecule has 0 aliphatic rings. The monoisotopic (exact) mass is 603 g/mol. The minimum absolute atomic E-state index is 0.00262. The molecule has 1 N–H and O–H groups in total. The van der Waals surface area contributed by atoms with Crippen molar-refractivity contribution < 1.29 is 36.3 Å². The molecule has 0 bridgehead atoms. The van der Waals surface area contributed by atoms with Gasteiger partial charge in [-0.25, -0.2) is 17.2 Å². The molecule has 42 heavy (non-hydrogen) atoms. The van der Waals surface area contributed by atoms with Gasteiger partial charge < -0.3 is 19.7 Å². The number of nitrogens with zero attached hydrogens (tertiary/aromatic N) is 2. The van der Waals surface area contributed by atoms with Crippen LogP contribution in [0.3, 0.4) is 0 Å². The average Bonchev–Trinajstić information content (AvgIpc) is 2.94. The Hall–Kier alpha value is -4.19. The number of hydrogen-bond donors (Lipinski definition) is 1. The summed E-state index contributed by atoms with van der Waals surface area (Å²) in [5.41, 5.74) is -0.496. The zero-order chi connectivity index (χ0) is 31.2. The van der Waals surface area contributed by atoms with Crippen LogP contribution in [-0.2, 0) is 26.2 Å². The summed E-state index contributed by atoms with van der Waals surface area (Å²) < 4.78 is 67.7. The Bertz CT molecular complexity index is 1520. The number of anilines is 1. The number of amides is 2. The van der Waals surface area contributed by atoms with Gasteiger partial charge in [0.25, 0.3) is 10.0 Å². The number of halogens is 2. The fourth-order valence-corrected chi connectivity index (χ4v) is 5.54. The van der Waals surface area contributed by atoms with E-state index in [4.69, 9.17) is 9.47 Å². The van der Waals surface area contributed by atoms with Crippen LogP contribution in [0.2, 0.25) is 0 Å². The maximum absolute atomic E-state index is 14.7. The Morgan fingerprint density at radius 2 is 1.55 bits per heavy atom. The first-order valence-corrected chi connectivity index (χ1v) is 14.5. The van der Waals surface area contributed by atoms with Crippen LogP contribution >= 0.6 is 0 Å². The largest absolute Gasteiger partial charge is 0.493 e. The van der Waals surface area contributed by atoms with Gasteiger partial charge in [-0.2, -0.15) is 0 Å². The van der Waals surface area contributed by atoms with E-state index < -0.39 is 51.6 Å². The fourth-order valence-electron chi connectivity index (χ4n) is 4.11. The van der Waals surface area contributed by atoms with Crippen molar-refractivity contribution in [2.24, 2.45) is 0 Å². The molecule has 226 valence electrons. The van der Waals surface area contributed by atoms with Gasteiger partial charge in [-0.05, 0) is 70.2 Å². The van der Waals surface area contributed by atoms with Gasteiger partial charge in [0.1, 0.15) is 24.2 Å².